The molecule has 2 aromatic heterocycles. The molecule has 106 valence electrons. The summed E-state index contributed by atoms with van der Waals surface area (Å²) >= 11 is 1.63. The summed E-state index contributed by atoms with van der Waals surface area (Å²) in [5.41, 5.74) is 2.42. The molecule has 0 aliphatic carbocycles. The number of rotatable bonds is 4. The van der Waals surface area contributed by atoms with Crippen molar-refractivity contribution in [3.05, 3.63) is 64.4 Å². The quantitative estimate of drug-likeness (QED) is 0.805. The van der Waals surface area contributed by atoms with Gasteiger partial charge in [0.1, 0.15) is 12.7 Å². The third kappa shape index (κ3) is 3.00. The lowest BCUT2D eigenvalue weighted by Crippen LogP contribution is -2.23. The minimum atomic E-state index is -0.101. The van der Waals surface area contributed by atoms with Gasteiger partial charge in [0, 0.05) is 4.88 Å². The molecule has 1 N–H and O–H groups in total. The predicted molar refractivity (Wildman–Crippen MR) is 81.6 cm³/mol. The summed E-state index contributed by atoms with van der Waals surface area (Å²) in [6, 6.07) is 9.71. The molecular weight excluding hydrogens is 284 g/mol. The standard InChI is InChI=1S/C15H14N4OS/c1-11-4-5-14(19-9-17-18-10-19)13(7-11)15(20)16-8-12-3-2-6-21-12/h2-7,9-10H,8H2,1H3,(H,16,20). The van der Waals surface area contributed by atoms with Crippen LogP contribution in [0, 0.1) is 6.92 Å². The first-order valence-electron chi connectivity index (χ1n) is 6.50. The zero-order valence-corrected chi connectivity index (χ0v) is 12.3. The van der Waals surface area contributed by atoms with Gasteiger partial charge in [0.05, 0.1) is 17.8 Å². The number of carbonyl (C=O) groups excluding carboxylic acids is 1. The second-order valence-corrected chi connectivity index (χ2v) is 5.68. The number of aromatic nitrogens is 3. The third-order valence-corrected chi connectivity index (χ3v) is 3.97. The first kappa shape index (κ1) is 13.5. The first-order chi connectivity index (χ1) is 10.2. The molecule has 3 aromatic rings. The lowest BCUT2D eigenvalue weighted by atomic mass is 10.1. The largest absolute Gasteiger partial charge is 0.347 e. The number of nitrogens with one attached hydrogen (secondary N) is 1. The molecule has 0 saturated carbocycles. The Balaban J connectivity index is 1.86. The van der Waals surface area contributed by atoms with Crippen molar-refractivity contribution in [2.45, 2.75) is 13.5 Å². The van der Waals surface area contributed by atoms with Gasteiger partial charge in [0.25, 0.3) is 5.91 Å². The Hall–Kier alpha value is -2.47. The smallest absolute Gasteiger partial charge is 0.253 e. The normalized spacial score (nSPS) is 10.5. The summed E-state index contributed by atoms with van der Waals surface area (Å²) in [4.78, 5) is 13.6. The highest BCUT2D eigenvalue weighted by Gasteiger charge is 2.13. The second-order valence-electron chi connectivity index (χ2n) is 4.65. The molecule has 0 aliphatic heterocycles. The lowest BCUT2D eigenvalue weighted by molar-refractivity contribution is 0.0951. The summed E-state index contributed by atoms with van der Waals surface area (Å²) in [7, 11) is 0. The Morgan fingerprint density at radius 2 is 2.10 bits per heavy atom. The number of hydrogen-bond donors (Lipinski definition) is 1. The fourth-order valence-electron chi connectivity index (χ4n) is 2.06. The first-order valence-corrected chi connectivity index (χ1v) is 7.38. The van der Waals surface area contributed by atoms with Crippen LogP contribution in [-0.4, -0.2) is 20.7 Å². The zero-order valence-electron chi connectivity index (χ0n) is 11.5. The average molecular weight is 298 g/mol. The molecule has 0 fully saturated rings. The Bertz CT molecular complexity index is 735. The van der Waals surface area contributed by atoms with E-state index in [1.165, 1.54) is 0 Å². The highest BCUT2D eigenvalue weighted by molar-refractivity contribution is 7.09. The van der Waals surface area contributed by atoms with Gasteiger partial charge in [0.2, 0.25) is 0 Å². The van der Waals surface area contributed by atoms with Gasteiger partial charge < -0.3 is 5.32 Å². The Kier molecular flexibility index (Phi) is 3.79. The van der Waals surface area contributed by atoms with Crippen LogP contribution >= 0.6 is 11.3 Å². The lowest BCUT2D eigenvalue weighted by Gasteiger charge is -2.11. The molecule has 5 nitrogen and oxygen atoms in total. The number of carbonyl (C=O) groups is 1. The maximum Gasteiger partial charge on any atom is 0.253 e. The van der Waals surface area contributed by atoms with Crippen LogP contribution in [0.5, 0.6) is 0 Å². The molecule has 6 heteroatoms. The molecule has 2 heterocycles. The average Bonchev–Trinajstić information content (AvgIpc) is 3.18. The van der Waals surface area contributed by atoms with E-state index in [4.69, 9.17) is 0 Å². The van der Waals surface area contributed by atoms with Gasteiger partial charge in [-0.1, -0.05) is 17.7 Å². The van der Waals surface area contributed by atoms with Crippen molar-refractivity contribution < 1.29 is 4.79 Å². The SMILES string of the molecule is Cc1ccc(-n2cnnc2)c(C(=O)NCc2cccs2)c1. The summed E-state index contributed by atoms with van der Waals surface area (Å²) in [5, 5.41) is 12.5. The molecule has 0 aliphatic rings. The number of amides is 1. The van der Waals surface area contributed by atoms with Crippen molar-refractivity contribution in [3.8, 4) is 5.69 Å². The maximum atomic E-state index is 12.4. The Labute approximate surface area is 126 Å². The number of thiophene rings is 1. The topological polar surface area (TPSA) is 59.8 Å². The monoisotopic (exact) mass is 298 g/mol. The van der Waals surface area contributed by atoms with Crippen LogP contribution in [0.25, 0.3) is 5.69 Å². The fourth-order valence-corrected chi connectivity index (χ4v) is 2.70. The van der Waals surface area contributed by atoms with Gasteiger partial charge in [-0.2, -0.15) is 0 Å². The van der Waals surface area contributed by atoms with Crippen molar-refractivity contribution in [1.82, 2.24) is 20.1 Å². The van der Waals surface area contributed by atoms with Crippen LogP contribution in [-0.2, 0) is 6.54 Å². The molecule has 0 saturated heterocycles. The van der Waals surface area contributed by atoms with Gasteiger partial charge in [-0.3, -0.25) is 9.36 Å². The van der Waals surface area contributed by atoms with E-state index in [1.54, 1.807) is 28.6 Å². The van der Waals surface area contributed by atoms with E-state index in [1.807, 2.05) is 42.6 Å². The molecule has 0 bridgehead atoms. The Morgan fingerprint density at radius 1 is 1.29 bits per heavy atom. The minimum Gasteiger partial charge on any atom is -0.347 e. The van der Waals surface area contributed by atoms with Gasteiger partial charge in [-0.25, -0.2) is 0 Å². The van der Waals surface area contributed by atoms with Crippen LogP contribution in [0.4, 0.5) is 0 Å². The van der Waals surface area contributed by atoms with E-state index < -0.39 is 0 Å². The molecule has 1 aromatic carbocycles. The fraction of sp³-hybridized carbons (Fsp3) is 0.133. The summed E-state index contributed by atoms with van der Waals surface area (Å²) in [6.45, 7) is 2.50. The minimum absolute atomic E-state index is 0.101. The van der Waals surface area contributed by atoms with E-state index in [-0.39, 0.29) is 5.91 Å². The van der Waals surface area contributed by atoms with Gasteiger partial charge in [-0.15, -0.1) is 21.5 Å². The van der Waals surface area contributed by atoms with Crippen LogP contribution < -0.4 is 5.32 Å². The van der Waals surface area contributed by atoms with Crippen molar-refractivity contribution in [2.24, 2.45) is 0 Å². The number of benzene rings is 1. The van der Waals surface area contributed by atoms with Crippen LogP contribution in [0.3, 0.4) is 0 Å². The van der Waals surface area contributed by atoms with E-state index in [0.717, 1.165) is 16.1 Å². The molecule has 0 unspecified atom stereocenters. The van der Waals surface area contributed by atoms with Gasteiger partial charge in [-0.05, 0) is 30.5 Å². The van der Waals surface area contributed by atoms with E-state index in [9.17, 15) is 4.79 Å². The summed E-state index contributed by atoms with van der Waals surface area (Å²) in [5.74, 6) is -0.101. The van der Waals surface area contributed by atoms with Crippen LogP contribution in [0.1, 0.15) is 20.8 Å². The molecule has 0 atom stereocenters. The van der Waals surface area contributed by atoms with Crippen LogP contribution in [0.15, 0.2) is 48.4 Å². The van der Waals surface area contributed by atoms with E-state index >= 15 is 0 Å². The number of hydrogen-bond acceptors (Lipinski definition) is 4. The molecule has 21 heavy (non-hydrogen) atoms. The zero-order chi connectivity index (χ0) is 14.7. The molecular formula is C15H14N4OS. The van der Waals surface area contributed by atoms with Crippen molar-refractivity contribution >= 4 is 17.2 Å². The highest BCUT2D eigenvalue weighted by Crippen LogP contribution is 2.16. The molecule has 3 rings (SSSR count). The van der Waals surface area contributed by atoms with Crippen LogP contribution in [0.2, 0.25) is 0 Å². The van der Waals surface area contributed by atoms with Crippen molar-refractivity contribution in [1.29, 1.82) is 0 Å². The predicted octanol–water partition coefficient (Wildman–Crippen LogP) is 2.57. The molecule has 0 spiro atoms. The third-order valence-electron chi connectivity index (χ3n) is 3.10. The number of nitrogens with zero attached hydrogens (tertiary/aromatic N) is 3. The highest BCUT2D eigenvalue weighted by atomic mass is 32.1. The summed E-state index contributed by atoms with van der Waals surface area (Å²) in [6.07, 6.45) is 3.17. The maximum absolute atomic E-state index is 12.4. The summed E-state index contributed by atoms with van der Waals surface area (Å²) < 4.78 is 1.74. The number of aryl methyl sites for hydroxylation is 1. The van der Waals surface area contributed by atoms with Crippen molar-refractivity contribution in [2.75, 3.05) is 0 Å². The van der Waals surface area contributed by atoms with E-state index in [0.29, 0.717) is 12.1 Å². The molecule has 1 amide bonds. The second kappa shape index (κ2) is 5.88. The van der Waals surface area contributed by atoms with E-state index in [2.05, 4.69) is 15.5 Å². The molecule has 0 radical (unpaired) electrons. The van der Waals surface area contributed by atoms with Crippen molar-refractivity contribution in [3.63, 3.8) is 0 Å². The van der Waals surface area contributed by atoms with Gasteiger partial charge >= 0.3 is 0 Å². The Morgan fingerprint density at radius 3 is 2.81 bits per heavy atom. The van der Waals surface area contributed by atoms with Gasteiger partial charge in [0.15, 0.2) is 0 Å².